The molecule has 3 aliphatic carbocycles. The third-order valence-corrected chi connectivity index (χ3v) is 10.6. The van der Waals surface area contributed by atoms with Crippen LogP contribution in [0, 0.1) is 17.8 Å². The van der Waals surface area contributed by atoms with E-state index in [0.717, 1.165) is 71.3 Å². The molecule has 6 heteroatoms. The zero-order chi connectivity index (χ0) is 28.5. The summed E-state index contributed by atoms with van der Waals surface area (Å²) < 4.78 is 6.42. The van der Waals surface area contributed by atoms with Gasteiger partial charge in [0.15, 0.2) is 0 Å². The van der Waals surface area contributed by atoms with Crippen molar-refractivity contribution in [3.8, 4) is 17.0 Å². The van der Waals surface area contributed by atoms with Crippen molar-refractivity contribution in [1.29, 1.82) is 0 Å². The molecule has 2 aromatic carbocycles. The van der Waals surface area contributed by atoms with E-state index in [1.807, 2.05) is 36.7 Å². The Morgan fingerprint density at radius 3 is 2.50 bits per heavy atom. The van der Waals surface area contributed by atoms with Crippen LogP contribution in [0.25, 0.3) is 22.2 Å². The smallest absolute Gasteiger partial charge is 0.251 e. The van der Waals surface area contributed by atoms with Crippen LogP contribution in [-0.2, 0) is 5.41 Å². The standard InChI is InChI=1S/C36H42N4O2/c1-2-29-30-15-13-28(14-16-31(29)30)42-27-11-8-24(9-12-27)34-32-21-25(10-17-33(32)39-40-34)35(41)38-23-36(18-4-3-5-19-36)26-7-6-20-37-22-26/h6-12,17,20-22,28-31H,2-5,13-16,18-19,23H2,1H3,(H,38,41)(H,39,40). The number of carbonyl (C=O) groups excluding carboxylic acids is 1. The van der Waals surface area contributed by atoms with E-state index in [4.69, 9.17) is 4.74 Å². The van der Waals surface area contributed by atoms with Gasteiger partial charge in [-0.05, 0) is 110 Å². The van der Waals surface area contributed by atoms with Crippen LogP contribution in [0.4, 0.5) is 0 Å². The number of nitrogens with one attached hydrogen (secondary N) is 2. The molecule has 0 bridgehead atoms. The summed E-state index contributed by atoms with van der Waals surface area (Å²) in [7, 11) is 0. The van der Waals surface area contributed by atoms with Crippen LogP contribution in [0.1, 0.15) is 87.1 Å². The molecule has 4 aromatic rings. The number of fused-ring (bicyclic) bond motifs is 2. The Kier molecular flexibility index (Phi) is 7.47. The van der Waals surface area contributed by atoms with Crippen molar-refractivity contribution in [3.63, 3.8) is 0 Å². The number of rotatable bonds is 8. The van der Waals surface area contributed by atoms with Crippen molar-refractivity contribution in [2.45, 2.75) is 82.7 Å². The van der Waals surface area contributed by atoms with Crippen molar-refractivity contribution < 1.29 is 9.53 Å². The monoisotopic (exact) mass is 562 g/mol. The number of carbonyl (C=O) groups is 1. The molecule has 42 heavy (non-hydrogen) atoms. The topological polar surface area (TPSA) is 79.9 Å². The number of H-pyrrole nitrogens is 1. The van der Waals surface area contributed by atoms with Crippen molar-refractivity contribution in [1.82, 2.24) is 20.5 Å². The van der Waals surface area contributed by atoms with Gasteiger partial charge in [-0.25, -0.2) is 0 Å². The van der Waals surface area contributed by atoms with E-state index in [0.29, 0.717) is 18.2 Å². The lowest BCUT2D eigenvalue weighted by Gasteiger charge is -2.37. The van der Waals surface area contributed by atoms with Crippen molar-refractivity contribution in [3.05, 3.63) is 78.1 Å². The molecule has 2 aromatic heterocycles. The second-order valence-corrected chi connectivity index (χ2v) is 12.9. The third-order valence-electron chi connectivity index (χ3n) is 10.6. The Morgan fingerprint density at radius 1 is 1.00 bits per heavy atom. The summed E-state index contributed by atoms with van der Waals surface area (Å²) in [5.41, 5.74) is 4.61. The van der Waals surface area contributed by atoms with Crippen LogP contribution in [0.5, 0.6) is 5.75 Å². The fourth-order valence-electron chi connectivity index (χ4n) is 8.09. The molecular weight excluding hydrogens is 520 g/mol. The molecule has 3 fully saturated rings. The molecule has 2 N–H and O–H groups in total. The lowest BCUT2D eigenvalue weighted by Crippen LogP contribution is -2.42. The van der Waals surface area contributed by atoms with Crippen LogP contribution in [-0.4, -0.2) is 33.7 Å². The molecule has 0 aliphatic heterocycles. The van der Waals surface area contributed by atoms with E-state index in [9.17, 15) is 4.79 Å². The summed E-state index contributed by atoms with van der Waals surface area (Å²) >= 11 is 0. The molecule has 0 saturated heterocycles. The van der Waals surface area contributed by atoms with Gasteiger partial charge < -0.3 is 10.1 Å². The first-order chi connectivity index (χ1) is 20.6. The Bertz CT molecular complexity index is 1510. The van der Waals surface area contributed by atoms with Crippen molar-refractivity contribution >= 4 is 16.8 Å². The number of pyridine rings is 1. The molecule has 2 heterocycles. The number of benzene rings is 2. The molecule has 3 aliphatic rings. The molecule has 2 atom stereocenters. The zero-order valence-corrected chi connectivity index (χ0v) is 24.6. The van der Waals surface area contributed by atoms with Crippen LogP contribution in [0.15, 0.2) is 67.0 Å². The number of ether oxygens (including phenoxy) is 1. The van der Waals surface area contributed by atoms with Crippen LogP contribution in [0.2, 0.25) is 0 Å². The maximum absolute atomic E-state index is 13.4. The van der Waals surface area contributed by atoms with Gasteiger partial charge >= 0.3 is 0 Å². The SMILES string of the molecule is CCC1C2CCC(Oc3ccc(-c4n[nH]c5ccc(C(=O)NCC6(c7cccnc7)CCCCC6)cc45)cc3)CCC12. The summed E-state index contributed by atoms with van der Waals surface area (Å²) in [6, 6.07) is 18.3. The largest absolute Gasteiger partial charge is 0.490 e. The number of aromatic nitrogens is 3. The summed E-state index contributed by atoms with van der Waals surface area (Å²) in [5.74, 6) is 3.74. The average Bonchev–Trinajstić information content (AvgIpc) is 3.63. The summed E-state index contributed by atoms with van der Waals surface area (Å²) in [6.07, 6.45) is 16.2. The highest BCUT2D eigenvalue weighted by Crippen LogP contribution is 2.56. The first-order valence-corrected chi connectivity index (χ1v) is 16.1. The number of hydrogen-bond donors (Lipinski definition) is 2. The lowest BCUT2D eigenvalue weighted by atomic mass is 9.70. The molecule has 218 valence electrons. The van der Waals surface area contributed by atoms with Gasteiger partial charge in [0.2, 0.25) is 0 Å². The van der Waals surface area contributed by atoms with E-state index in [2.05, 4.69) is 57.8 Å². The molecular formula is C36H42N4O2. The number of hydrogen-bond acceptors (Lipinski definition) is 4. The van der Waals surface area contributed by atoms with Crippen LogP contribution < -0.4 is 10.1 Å². The minimum atomic E-state index is -0.0496. The van der Waals surface area contributed by atoms with E-state index < -0.39 is 0 Å². The fraction of sp³-hybridized carbons (Fsp3) is 0.472. The van der Waals surface area contributed by atoms with Gasteiger partial charge in [-0.1, -0.05) is 38.7 Å². The molecule has 6 nitrogen and oxygen atoms in total. The lowest BCUT2D eigenvalue weighted by molar-refractivity contribution is 0.0936. The fourth-order valence-corrected chi connectivity index (χ4v) is 8.09. The zero-order valence-electron chi connectivity index (χ0n) is 24.6. The average molecular weight is 563 g/mol. The second kappa shape index (κ2) is 11.5. The minimum Gasteiger partial charge on any atom is -0.490 e. The number of nitrogens with zero attached hydrogens (tertiary/aromatic N) is 2. The normalized spacial score (nSPS) is 24.9. The maximum atomic E-state index is 13.4. The Hall–Kier alpha value is -3.67. The molecule has 7 rings (SSSR count). The Balaban J connectivity index is 1.03. The second-order valence-electron chi connectivity index (χ2n) is 12.9. The number of aromatic amines is 1. The van der Waals surface area contributed by atoms with Crippen LogP contribution >= 0.6 is 0 Å². The summed E-state index contributed by atoms with van der Waals surface area (Å²) in [6.45, 7) is 2.96. The maximum Gasteiger partial charge on any atom is 0.251 e. The van der Waals surface area contributed by atoms with Gasteiger partial charge in [0.1, 0.15) is 5.75 Å². The summed E-state index contributed by atoms with van der Waals surface area (Å²) in [5, 5.41) is 12.0. The predicted octanol–water partition coefficient (Wildman–Crippen LogP) is 7.85. The summed E-state index contributed by atoms with van der Waals surface area (Å²) in [4.78, 5) is 17.8. The van der Waals surface area contributed by atoms with Crippen molar-refractivity contribution in [2.75, 3.05) is 6.54 Å². The quantitative estimate of drug-likeness (QED) is 0.229. The van der Waals surface area contributed by atoms with Crippen LogP contribution in [0.3, 0.4) is 0 Å². The highest BCUT2D eigenvalue weighted by molar-refractivity contribution is 6.01. The third kappa shape index (κ3) is 5.32. The molecule has 0 radical (unpaired) electrons. The van der Waals surface area contributed by atoms with E-state index in [1.165, 1.54) is 44.1 Å². The van der Waals surface area contributed by atoms with E-state index in [-0.39, 0.29) is 11.3 Å². The van der Waals surface area contributed by atoms with Gasteiger partial charge in [-0.3, -0.25) is 14.9 Å². The van der Waals surface area contributed by atoms with Gasteiger partial charge in [0, 0.05) is 40.9 Å². The predicted molar refractivity (Wildman–Crippen MR) is 167 cm³/mol. The van der Waals surface area contributed by atoms with Gasteiger partial charge in [0.05, 0.1) is 17.3 Å². The Labute approximate surface area is 248 Å². The number of amides is 1. The first kappa shape index (κ1) is 27.2. The minimum absolute atomic E-state index is 0.0482. The molecule has 2 unspecified atom stereocenters. The van der Waals surface area contributed by atoms with Gasteiger partial charge in [-0.15, -0.1) is 0 Å². The Morgan fingerprint density at radius 2 is 1.79 bits per heavy atom. The molecule has 3 saturated carbocycles. The van der Waals surface area contributed by atoms with Gasteiger partial charge in [0.25, 0.3) is 5.91 Å². The highest BCUT2D eigenvalue weighted by atomic mass is 16.5. The highest BCUT2D eigenvalue weighted by Gasteiger charge is 2.49. The molecule has 0 spiro atoms. The van der Waals surface area contributed by atoms with Crippen molar-refractivity contribution in [2.24, 2.45) is 17.8 Å². The van der Waals surface area contributed by atoms with E-state index in [1.54, 1.807) is 0 Å². The van der Waals surface area contributed by atoms with E-state index >= 15 is 0 Å². The first-order valence-electron chi connectivity index (χ1n) is 16.1. The van der Waals surface area contributed by atoms with Gasteiger partial charge in [-0.2, -0.15) is 5.10 Å². The molecule has 1 amide bonds.